The van der Waals surface area contributed by atoms with E-state index in [0.717, 1.165) is 28.2 Å². The number of hydrogen-bond donors (Lipinski definition) is 2. The molecule has 0 atom stereocenters. The van der Waals surface area contributed by atoms with Crippen LogP contribution in [0.1, 0.15) is 17.0 Å². The third kappa shape index (κ3) is 7.52. The summed E-state index contributed by atoms with van der Waals surface area (Å²) in [6, 6.07) is 19.6. The van der Waals surface area contributed by atoms with Crippen molar-refractivity contribution >= 4 is 76.9 Å². The van der Waals surface area contributed by atoms with Crippen LogP contribution in [0.4, 0.5) is 30.7 Å². The fourth-order valence-corrected chi connectivity index (χ4v) is 9.30. The van der Waals surface area contributed by atoms with Crippen molar-refractivity contribution in [3.05, 3.63) is 137 Å². The van der Waals surface area contributed by atoms with Gasteiger partial charge < -0.3 is 24.1 Å². The fourth-order valence-electron chi connectivity index (χ4n) is 7.14. The van der Waals surface area contributed by atoms with E-state index in [2.05, 4.69) is 9.97 Å². The first-order valence-electron chi connectivity index (χ1n) is 18.0. The normalized spacial score (nSPS) is 11.5. The molecule has 0 radical (unpaired) electrons. The zero-order valence-corrected chi connectivity index (χ0v) is 33.1. The highest BCUT2D eigenvalue weighted by Gasteiger charge is 2.26. The Morgan fingerprint density at radius 2 is 1.15 bits per heavy atom. The van der Waals surface area contributed by atoms with Crippen LogP contribution in [0, 0.1) is 54.6 Å². The molecule has 0 aliphatic carbocycles. The van der Waals surface area contributed by atoms with Crippen molar-refractivity contribution in [1.29, 1.82) is 0 Å². The zero-order chi connectivity index (χ0) is 43.4. The van der Waals surface area contributed by atoms with Crippen LogP contribution >= 0.6 is 22.7 Å². The van der Waals surface area contributed by atoms with Crippen molar-refractivity contribution in [3.8, 4) is 26.9 Å². The molecule has 0 bridgehead atoms. The summed E-state index contributed by atoms with van der Waals surface area (Å²) in [6.45, 7) is 2.91. The molecule has 4 aromatic heterocycles. The first-order chi connectivity index (χ1) is 29.1. The summed E-state index contributed by atoms with van der Waals surface area (Å²) in [7, 11) is 0. The number of halogens is 7. The Morgan fingerprint density at radius 3 is 1.69 bits per heavy atom. The molecule has 18 heteroatoms. The molecule has 61 heavy (non-hydrogen) atoms. The van der Waals surface area contributed by atoms with Crippen molar-refractivity contribution in [1.82, 2.24) is 19.1 Å². The third-order valence-electron chi connectivity index (χ3n) is 9.87. The number of hydrogen-bond acceptors (Lipinski definition) is 7. The molecule has 0 aliphatic rings. The molecule has 2 N–H and O–H groups in total. The average Bonchev–Trinajstić information content (AvgIpc) is 3.98. The molecular weight excluding hydrogens is 850 g/mol. The minimum absolute atomic E-state index is 0.107. The molecule has 0 amide bonds. The summed E-state index contributed by atoms with van der Waals surface area (Å²) in [5.41, 5.74) is 3.00. The highest BCUT2D eigenvalue weighted by molar-refractivity contribution is 7.22. The third-order valence-corrected chi connectivity index (χ3v) is 12.0. The smallest absolute Gasteiger partial charge is 0.323 e. The van der Waals surface area contributed by atoms with Crippen molar-refractivity contribution in [3.63, 3.8) is 0 Å². The Kier molecular flexibility index (Phi) is 10.7. The Morgan fingerprint density at radius 1 is 0.623 bits per heavy atom. The lowest BCUT2D eigenvalue weighted by Gasteiger charge is -2.08. The molecule has 0 fully saturated rings. The molecule has 4 heterocycles. The Hall–Kier alpha value is -6.79. The van der Waals surface area contributed by atoms with Gasteiger partial charge in [0.1, 0.15) is 63.9 Å². The average molecular weight is 877 g/mol. The Labute approximate surface area is 347 Å². The number of carboxylic acids is 2. The van der Waals surface area contributed by atoms with E-state index >= 15 is 0 Å². The van der Waals surface area contributed by atoms with Gasteiger partial charge in [-0.2, -0.15) is 0 Å². The van der Waals surface area contributed by atoms with Gasteiger partial charge in [0, 0.05) is 50.9 Å². The molecule has 310 valence electrons. The van der Waals surface area contributed by atoms with E-state index in [1.165, 1.54) is 22.8 Å². The predicted octanol–water partition coefficient (Wildman–Crippen LogP) is 11.2. The topological polar surface area (TPSA) is 119 Å². The van der Waals surface area contributed by atoms with Gasteiger partial charge in [0.2, 0.25) is 0 Å². The number of aromatic nitrogens is 4. The molecule has 0 spiro atoms. The number of carboxylic acid groups (broad SMARTS) is 2. The van der Waals surface area contributed by atoms with E-state index in [1.807, 2.05) is 30.3 Å². The second-order valence-electron chi connectivity index (χ2n) is 13.7. The van der Waals surface area contributed by atoms with Crippen molar-refractivity contribution in [2.75, 3.05) is 0 Å². The first-order valence-corrected chi connectivity index (χ1v) is 19.6. The lowest BCUT2D eigenvalue weighted by molar-refractivity contribution is -0.138. The minimum atomic E-state index is -1.34. The highest BCUT2D eigenvalue weighted by Crippen LogP contribution is 2.43. The van der Waals surface area contributed by atoms with Gasteiger partial charge in [-0.3, -0.25) is 9.59 Å². The molecule has 9 aromatic rings. The molecule has 0 unspecified atom stereocenters. The largest absolute Gasteiger partial charge is 0.489 e. The maximum atomic E-state index is 14.3. The van der Waals surface area contributed by atoms with Gasteiger partial charge in [-0.25, -0.2) is 40.7 Å². The fraction of sp³-hybridized carbons (Fsp3) is 0.116. The number of aliphatic carboxylic acids is 2. The predicted molar refractivity (Wildman–Crippen MR) is 216 cm³/mol. The van der Waals surface area contributed by atoms with Crippen LogP contribution in [0.3, 0.4) is 0 Å². The summed E-state index contributed by atoms with van der Waals surface area (Å²) < 4.78 is 106. The van der Waals surface area contributed by atoms with E-state index in [4.69, 9.17) is 9.84 Å². The number of nitrogens with zero attached hydrogens (tertiary/aromatic N) is 4. The molecule has 9 rings (SSSR count). The van der Waals surface area contributed by atoms with Crippen LogP contribution in [-0.2, 0) is 29.3 Å². The molecule has 0 saturated heterocycles. The second-order valence-corrected chi connectivity index (χ2v) is 15.7. The highest BCUT2D eigenvalue weighted by atomic mass is 32.1. The molecule has 5 aromatic carbocycles. The summed E-state index contributed by atoms with van der Waals surface area (Å²) in [5.74, 6) is -9.18. The van der Waals surface area contributed by atoms with E-state index < -0.39 is 70.2 Å². The summed E-state index contributed by atoms with van der Waals surface area (Å²) in [4.78, 5) is 30.9. The summed E-state index contributed by atoms with van der Waals surface area (Å²) >= 11 is 1.70. The standard InChI is InChI=1S/C25H17F3N2O3S.C18H10F4N2O2S/c1-13-21(25-29-23-22(28)17(26)10-18(27)24(23)34-25)16-9-15(33-12-14-5-3-2-4-6-14)7-8-19(16)30(13)11-20(31)32;1-7-14(9-3-2-8(19)4-12(9)24(7)6-13(25)26)18-23-16-15(22)10(20)5-11(21)17(16)27-18/h2-10H,11-12H2,1H3,(H,31,32);2-5H,6H2,1H3,(H,25,26). The Balaban J connectivity index is 0.000000173. The van der Waals surface area contributed by atoms with E-state index in [1.54, 1.807) is 36.6 Å². The van der Waals surface area contributed by atoms with Gasteiger partial charge in [0.25, 0.3) is 0 Å². The number of ether oxygens (including phenoxy) is 1. The van der Waals surface area contributed by atoms with Crippen molar-refractivity contribution in [2.24, 2.45) is 0 Å². The van der Waals surface area contributed by atoms with Crippen LogP contribution in [0.15, 0.2) is 78.9 Å². The van der Waals surface area contributed by atoms with Gasteiger partial charge in [-0.1, -0.05) is 30.3 Å². The number of benzene rings is 5. The van der Waals surface area contributed by atoms with Crippen molar-refractivity contribution in [2.45, 2.75) is 33.5 Å². The molecular formula is C43H27F7N4O5S2. The van der Waals surface area contributed by atoms with Gasteiger partial charge in [0.15, 0.2) is 23.3 Å². The number of rotatable bonds is 9. The first kappa shape index (κ1) is 41.0. The van der Waals surface area contributed by atoms with E-state index in [0.29, 0.717) is 68.8 Å². The number of carbonyl (C=O) groups is 2. The minimum Gasteiger partial charge on any atom is -0.489 e. The zero-order valence-electron chi connectivity index (χ0n) is 31.5. The maximum Gasteiger partial charge on any atom is 0.323 e. The van der Waals surface area contributed by atoms with Gasteiger partial charge in [-0.05, 0) is 55.8 Å². The van der Waals surface area contributed by atoms with Gasteiger partial charge in [-0.15, -0.1) is 22.7 Å². The summed E-state index contributed by atoms with van der Waals surface area (Å²) in [6.07, 6.45) is 0. The Bertz CT molecular complexity index is 3230. The van der Waals surface area contributed by atoms with Crippen LogP contribution in [-0.4, -0.2) is 41.3 Å². The van der Waals surface area contributed by atoms with E-state index in [9.17, 15) is 45.4 Å². The number of fused-ring (bicyclic) bond motifs is 4. The quantitative estimate of drug-likeness (QED) is 0.109. The van der Waals surface area contributed by atoms with Gasteiger partial charge in [0.05, 0.1) is 14.9 Å². The maximum absolute atomic E-state index is 14.3. The number of thiazole rings is 2. The molecule has 0 saturated carbocycles. The second kappa shape index (κ2) is 16.0. The SMILES string of the molecule is Cc1c(-c2nc3c(F)c(F)cc(F)c3s2)c2cc(OCc3ccccc3)ccc2n1CC(=O)O.Cc1c(-c2nc3c(F)c(F)cc(F)c3s2)c2ccc(F)cc2n1CC(=O)O. The molecule has 9 nitrogen and oxygen atoms in total. The van der Waals surface area contributed by atoms with Crippen LogP contribution in [0.2, 0.25) is 0 Å². The van der Waals surface area contributed by atoms with Crippen LogP contribution in [0.5, 0.6) is 5.75 Å². The van der Waals surface area contributed by atoms with Gasteiger partial charge >= 0.3 is 11.9 Å². The van der Waals surface area contributed by atoms with Crippen molar-refractivity contribution < 1.29 is 55.3 Å². The van der Waals surface area contributed by atoms with Crippen LogP contribution in [0.25, 0.3) is 63.4 Å². The molecule has 0 aliphatic heterocycles. The lowest BCUT2D eigenvalue weighted by Crippen LogP contribution is -2.10. The van der Waals surface area contributed by atoms with Crippen LogP contribution < -0.4 is 4.74 Å². The summed E-state index contributed by atoms with van der Waals surface area (Å²) in [5, 5.41) is 20.1. The lowest BCUT2D eigenvalue weighted by atomic mass is 10.1. The monoisotopic (exact) mass is 876 g/mol. The van der Waals surface area contributed by atoms with E-state index in [-0.39, 0.29) is 26.0 Å².